The summed E-state index contributed by atoms with van der Waals surface area (Å²) in [5.74, 6) is 1.53. The lowest BCUT2D eigenvalue weighted by atomic mass is 9.82. The molecule has 0 spiro atoms. The predicted octanol–water partition coefficient (Wildman–Crippen LogP) is 2.75. The van der Waals surface area contributed by atoms with Crippen LogP contribution in [0.25, 0.3) is 0 Å². The van der Waals surface area contributed by atoms with Crippen LogP contribution < -0.4 is 5.32 Å². The first-order valence-corrected chi connectivity index (χ1v) is 6.83. The molecule has 16 heavy (non-hydrogen) atoms. The summed E-state index contributed by atoms with van der Waals surface area (Å²) >= 11 is 0. The van der Waals surface area contributed by atoms with Crippen molar-refractivity contribution in [2.24, 2.45) is 11.8 Å². The summed E-state index contributed by atoms with van der Waals surface area (Å²) < 4.78 is 5.46. The van der Waals surface area contributed by atoms with E-state index in [1.165, 1.54) is 38.5 Å². The summed E-state index contributed by atoms with van der Waals surface area (Å²) in [5, 5.41) is 3.33. The van der Waals surface area contributed by atoms with Crippen molar-refractivity contribution in [3.05, 3.63) is 11.6 Å². The summed E-state index contributed by atoms with van der Waals surface area (Å²) in [6.07, 6.45) is 10.8. The molecule has 2 nitrogen and oxygen atoms in total. The zero-order valence-corrected chi connectivity index (χ0v) is 10.5. The topological polar surface area (TPSA) is 21.3 Å². The minimum absolute atomic E-state index is 0.685. The molecule has 1 saturated heterocycles. The molecule has 1 saturated carbocycles. The second kappa shape index (κ2) is 6.41. The molecule has 0 radical (unpaired) electrons. The van der Waals surface area contributed by atoms with Crippen LogP contribution in [0.4, 0.5) is 0 Å². The molecule has 92 valence electrons. The van der Waals surface area contributed by atoms with Crippen molar-refractivity contribution in [3.63, 3.8) is 0 Å². The second-order valence-corrected chi connectivity index (χ2v) is 5.23. The summed E-state index contributed by atoms with van der Waals surface area (Å²) in [6, 6.07) is 0. The molecule has 0 aromatic carbocycles. The van der Waals surface area contributed by atoms with Gasteiger partial charge in [0.2, 0.25) is 0 Å². The second-order valence-electron chi connectivity index (χ2n) is 5.23. The Bertz CT molecular complexity index is 225. The number of hydrogen-bond donors (Lipinski definition) is 1. The van der Waals surface area contributed by atoms with Crippen LogP contribution in [-0.2, 0) is 4.74 Å². The van der Waals surface area contributed by atoms with E-state index >= 15 is 0 Å². The maximum Gasteiger partial charge on any atom is 0.0529 e. The SMILES string of the molecule is CNCC(=CC1CCOC1)C1CCCCC1. The van der Waals surface area contributed by atoms with Gasteiger partial charge in [0.1, 0.15) is 0 Å². The van der Waals surface area contributed by atoms with Crippen LogP contribution >= 0.6 is 0 Å². The number of ether oxygens (including phenoxy) is 1. The summed E-state index contributed by atoms with van der Waals surface area (Å²) in [6.45, 7) is 2.97. The molecule has 0 aromatic heterocycles. The van der Waals surface area contributed by atoms with Crippen molar-refractivity contribution < 1.29 is 4.74 Å². The average molecular weight is 223 g/mol. The van der Waals surface area contributed by atoms with Gasteiger partial charge in [-0.05, 0) is 32.2 Å². The fourth-order valence-electron chi connectivity index (χ4n) is 3.00. The lowest BCUT2D eigenvalue weighted by Gasteiger charge is -2.25. The standard InChI is InChI=1S/C14H25NO/c1-15-10-14(9-12-7-8-16-11-12)13-5-3-2-4-6-13/h9,12-13,15H,2-8,10-11H2,1H3. The smallest absolute Gasteiger partial charge is 0.0529 e. The molecule has 0 bridgehead atoms. The molecule has 1 aliphatic carbocycles. The quantitative estimate of drug-likeness (QED) is 0.740. The van der Waals surface area contributed by atoms with E-state index in [9.17, 15) is 0 Å². The van der Waals surface area contributed by atoms with Crippen LogP contribution in [0.1, 0.15) is 38.5 Å². The Morgan fingerprint density at radius 1 is 1.25 bits per heavy atom. The van der Waals surface area contributed by atoms with E-state index in [1.54, 1.807) is 5.57 Å². The number of rotatable bonds is 4. The van der Waals surface area contributed by atoms with Crippen LogP contribution in [0.15, 0.2) is 11.6 Å². The van der Waals surface area contributed by atoms with Gasteiger partial charge in [0.25, 0.3) is 0 Å². The number of hydrogen-bond acceptors (Lipinski definition) is 2. The van der Waals surface area contributed by atoms with Crippen LogP contribution in [0.2, 0.25) is 0 Å². The highest BCUT2D eigenvalue weighted by molar-refractivity contribution is 5.12. The fraction of sp³-hybridized carbons (Fsp3) is 0.857. The molecule has 2 rings (SSSR count). The van der Waals surface area contributed by atoms with Crippen molar-refractivity contribution in [2.45, 2.75) is 38.5 Å². The lowest BCUT2D eigenvalue weighted by Crippen LogP contribution is -2.20. The van der Waals surface area contributed by atoms with Crippen LogP contribution in [0.3, 0.4) is 0 Å². The van der Waals surface area contributed by atoms with Crippen LogP contribution in [-0.4, -0.2) is 26.8 Å². The molecule has 1 unspecified atom stereocenters. The highest BCUT2D eigenvalue weighted by atomic mass is 16.5. The van der Waals surface area contributed by atoms with Crippen LogP contribution in [0, 0.1) is 11.8 Å². The maximum atomic E-state index is 5.46. The molecule has 0 amide bonds. The molecule has 2 aliphatic rings. The molecular weight excluding hydrogens is 198 g/mol. The van der Waals surface area contributed by atoms with Crippen molar-refractivity contribution in [1.82, 2.24) is 5.32 Å². The summed E-state index contributed by atoms with van der Waals surface area (Å²) in [5.41, 5.74) is 1.65. The third-order valence-corrected chi connectivity index (χ3v) is 3.93. The van der Waals surface area contributed by atoms with E-state index in [2.05, 4.69) is 18.4 Å². The lowest BCUT2D eigenvalue weighted by molar-refractivity contribution is 0.191. The zero-order valence-electron chi connectivity index (χ0n) is 10.5. The minimum Gasteiger partial charge on any atom is -0.381 e. The van der Waals surface area contributed by atoms with Gasteiger partial charge in [-0.25, -0.2) is 0 Å². The van der Waals surface area contributed by atoms with E-state index in [0.29, 0.717) is 5.92 Å². The Labute approximate surface area is 99.4 Å². The largest absolute Gasteiger partial charge is 0.381 e. The van der Waals surface area contributed by atoms with E-state index in [-0.39, 0.29) is 0 Å². The third-order valence-electron chi connectivity index (χ3n) is 3.93. The molecule has 1 aliphatic heterocycles. The Balaban J connectivity index is 1.96. The van der Waals surface area contributed by atoms with Gasteiger partial charge >= 0.3 is 0 Å². The number of nitrogens with one attached hydrogen (secondary N) is 1. The van der Waals surface area contributed by atoms with Gasteiger partial charge in [-0.15, -0.1) is 0 Å². The van der Waals surface area contributed by atoms with Crippen molar-refractivity contribution in [3.8, 4) is 0 Å². The molecule has 1 atom stereocenters. The minimum atomic E-state index is 0.685. The Morgan fingerprint density at radius 2 is 2.06 bits per heavy atom. The zero-order chi connectivity index (χ0) is 11.2. The monoisotopic (exact) mass is 223 g/mol. The van der Waals surface area contributed by atoms with Gasteiger partial charge in [-0.3, -0.25) is 0 Å². The van der Waals surface area contributed by atoms with Gasteiger partial charge in [0.15, 0.2) is 0 Å². The summed E-state index contributed by atoms with van der Waals surface area (Å²) in [4.78, 5) is 0. The normalized spacial score (nSPS) is 28.6. The van der Waals surface area contributed by atoms with Crippen molar-refractivity contribution in [2.75, 3.05) is 26.8 Å². The molecule has 2 heteroatoms. The molecular formula is C14H25NO. The Morgan fingerprint density at radius 3 is 2.69 bits per heavy atom. The summed E-state index contributed by atoms with van der Waals surface area (Å²) in [7, 11) is 2.06. The van der Waals surface area contributed by atoms with E-state index in [1.807, 2.05) is 0 Å². The third kappa shape index (κ3) is 3.33. The van der Waals surface area contributed by atoms with Gasteiger partial charge in [0, 0.05) is 19.1 Å². The number of likely N-dealkylation sites (N-methyl/N-ethyl adjacent to an activating group) is 1. The fourth-order valence-corrected chi connectivity index (χ4v) is 3.00. The highest BCUT2D eigenvalue weighted by Gasteiger charge is 2.20. The Hall–Kier alpha value is -0.340. The first-order chi connectivity index (χ1) is 7.90. The molecule has 2 fully saturated rings. The molecule has 1 N–H and O–H groups in total. The highest BCUT2D eigenvalue weighted by Crippen LogP contribution is 2.31. The first kappa shape index (κ1) is 12.1. The first-order valence-electron chi connectivity index (χ1n) is 6.83. The van der Waals surface area contributed by atoms with E-state index < -0.39 is 0 Å². The molecule has 1 heterocycles. The molecule has 0 aromatic rings. The van der Waals surface area contributed by atoms with Gasteiger partial charge in [-0.2, -0.15) is 0 Å². The van der Waals surface area contributed by atoms with E-state index in [4.69, 9.17) is 4.74 Å². The Kier molecular flexibility index (Phi) is 4.86. The van der Waals surface area contributed by atoms with E-state index in [0.717, 1.165) is 25.7 Å². The van der Waals surface area contributed by atoms with Gasteiger partial charge < -0.3 is 10.1 Å². The predicted molar refractivity (Wildman–Crippen MR) is 67.5 cm³/mol. The van der Waals surface area contributed by atoms with Gasteiger partial charge in [0.05, 0.1) is 6.61 Å². The van der Waals surface area contributed by atoms with Crippen molar-refractivity contribution in [1.29, 1.82) is 0 Å². The van der Waals surface area contributed by atoms with Crippen LogP contribution in [0.5, 0.6) is 0 Å². The average Bonchev–Trinajstić information content (AvgIpc) is 2.83. The van der Waals surface area contributed by atoms with Crippen molar-refractivity contribution >= 4 is 0 Å². The van der Waals surface area contributed by atoms with Gasteiger partial charge in [-0.1, -0.05) is 30.9 Å². The maximum absolute atomic E-state index is 5.46.